The third-order valence-electron chi connectivity index (χ3n) is 4.25. The molecule has 1 N–H and O–H groups in total. The number of aromatic nitrogens is 1. The minimum atomic E-state index is 0.166. The first-order valence-electron chi connectivity index (χ1n) is 8.04. The number of anilines is 1. The third kappa shape index (κ3) is 4.06. The van der Waals surface area contributed by atoms with Crippen molar-refractivity contribution in [1.29, 1.82) is 0 Å². The number of halogens is 1. The minimum absolute atomic E-state index is 0.166. The number of hydrogen-bond acceptors (Lipinski definition) is 4. The van der Waals surface area contributed by atoms with E-state index in [0.29, 0.717) is 19.5 Å². The monoisotopic (exact) mass is 389 g/mol. The number of rotatable bonds is 4. The van der Waals surface area contributed by atoms with Crippen LogP contribution in [0, 0.1) is 0 Å². The number of pyridine rings is 1. The van der Waals surface area contributed by atoms with E-state index in [4.69, 9.17) is 0 Å². The molecule has 2 heterocycles. The Morgan fingerprint density at radius 3 is 2.54 bits per heavy atom. The van der Waals surface area contributed by atoms with Crippen LogP contribution >= 0.6 is 15.9 Å². The summed E-state index contributed by atoms with van der Waals surface area (Å²) in [5.41, 5.74) is 1.16. The number of aromatic hydroxyl groups is 1. The molecule has 0 bridgehead atoms. The van der Waals surface area contributed by atoms with E-state index < -0.39 is 0 Å². The number of carbonyl (C=O) groups is 1. The molecule has 1 fully saturated rings. The maximum Gasteiger partial charge on any atom is 0.223 e. The van der Waals surface area contributed by atoms with Gasteiger partial charge in [-0.1, -0.05) is 34.1 Å². The van der Waals surface area contributed by atoms with Gasteiger partial charge in [-0.3, -0.25) is 4.79 Å². The molecule has 1 aliphatic rings. The van der Waals surface area contributed by atoms with Crippen LogP contribution in [0.25, 0.3) is 0 Å². The highest BCUT2D eigenvalue weighted by Crippen LogP contribution is 2.19. The summed E-state index contributed by atoms with van der Waals surface area (Å²) in [7, 11) is 0. The molecule has 0 unspecified atom stereocenters. The van der Waals surface area contributed by atoms with Crippen LogP contribution in [0.15, 0.2) is 47.1 Å². The van der Waals surface area contributed by atoms with E-state index in [1.165, 1.54) is 6.20 Å². The molecule has 0 atom stereocenters. The van der Waals surface area contributed by atoms with Gasteiger partial charge in [0.25, 0.3) is 0 Å². The average Bonchev–Trinajstić information content (AvgIpc) is 2.62. The number of carbonyl (C=O) groups excluding carboxylic acids is 1. The van der Waals surface area contributed by atoms with Crippen molar-refractivity contribution in [3.05, 3.63) is 52.6 Å². The lowest BCUT2D eigenvalue weighted by atomic mass is 10.1. The van der Waals surface area contributed by atoms with Crippen LogP contribution in [0.5, 0.6) is 5.75 Å². The zero-order valence-electron chi connectivity index (χ0n) is 13.4. The summed E-state index contributed by atoms with van der Waals surface area (Å²) < 4.78 is 1.06. The van der Waals surface area contributed by atoms with Crippen LogP contribution in [0.3, 0.4) is 0 Å². The fourth-order valence-corrected chi connectivity index (χ4v) is 3.33. The molecule has 0 aliphatic carbocycles. The average molecular weight is 390 g/mol. The third-order valence-corrected chi connectivity index (χ3v) is 5.03. The van der Waals surface area contributed by atoms with Crippen molar-refractivity contribution in [2.24, 2.45) is 0 Å². The Morgan fingerprint density at radius 2 is 1.88 bits per heavy atom. The Labute approximate surface area is 150 Å². The van der Waals surface area contributed by atoms with Gasteiger partial charge >= 0.3 is 0 Å². The normalized spacial score (nSPS) is 14.7. The second-order valence-corrected chi connectivity index (χ2v) is 6.69. The van der Waals surface area contributed by atoms with Crippen molar-refractivity contribution in [2.75, 3.05) is 31.1 Å². The van der Waals surface area contributed by atoms with Crippen LogP contribution < -0.4 is 4.90 Å². The smallest absolute Gasteiger partial charge is 0.223 e. The molecule has 0 saturated carbocycles. The van der Waals surface area contributed by atoms with Gasteiger partial charge in [0.1, 0.15) is 11.6 Å². The first kappa shape index (κ1) is 16.8. The number of hydrogen-bond donors (Lipinski definition) is 1. The number of nitrogens with zero attached hydrogens (tertiary/aromatic N) is 3. The van der Waals surface area contributed by atoms with Gasteiger partial charge in [-0.05, 0) is 30.2 Å². The molecule has 1 aromatic heterocycles. The number of piperazine rings is 1. The van der Waals surface area contributed by atoms with E-state index in [2.05, 4.69) is 25.8 Å². The van der Waals surface area contributed by atoms with Gasteiger partial charge in [0, 0.05) is 37.1 Å². The van der Waals surface area contributed by atoms with E-state index >= 15 is 0 Å². The molecule has 6 heteroatoms. The molecular weight excluding hydrogens is 370 g/mol. The molecule has 1 saturated heterocycles. The first-order chi connectivity index (χ1) is 11.6. The standard InChI is InChI=1S/C18H20BrN3O2/c19-16-4-2-1-3-14(16)5-8-18(24)22-11-9-21(10-12-22)17-7-6-15(23)13-20-17/h1-4,6-7,13,23H,5,8-12H2. The van der Waals surface area contributed by atoms with E-state index in [-0.39, 0.29) is 11.7 Å². The van der Waals surface area contributed by atoms with Gasteiger partial charge in [0.15, 0.2) is 0 Å². The van der Waals surface area contributed by atoms with Gasteiger partial charge < -0.3 is 14.9 Å². The highest BCUT2D eigenvalue weighted by atomic mass is 79.9. The Morgan fingerprint density at radius 1 is 1.12 bits per heavy atom. The molecule has 126 valence electrons. The van der Waals surface area contributed by atoms with Gasteiger partial charge in [0.05, 0.1) is 6.20 Å². The molecule has 24 heavy (non-hydrogen) atoms. The molecule has 1 aromatic carbocycles. The van der Waals surface area contributed by atoms with Crippen molar-refractivity contribution in [1.82, 2.24) is 9.88 Å². The summed E-state index contributed by atoms with van der Waals surface area (Å²) in [6.07, 6.45) is 2.73. The molecule has 2 aromatic rings. The fourth-order valence-electron chi connectivity index (χ4n) is 2.85. The zero-order chi connectivity index (χ0) is 16.9. The van der Waals surface area contributed by atoms with E-state index in [1.54, 1.807) is 12.1 Å². The summed E-state index contributed by atoms with van der Waals surface area (Å²) in [6, 6.07) is 11.5. The molecule has 0 spiro atoms. The fraction of sp³-hybridized carbons (Fsp3) is 0.333. The predicted molar refractivity (Wildman–Crippen MR) is 97.2 cm³/mol. The summed E-state index contributed by atoms with van der Waals surface area (Å²) in [5.74, 6) is 1.21. The first-order valence-corrected chi connectivity index (χ1v) is 8.84. The molecule has 1 aliphatic heterocycles. The van der Waals surface area contributed by atoms with Gasteiger partial charge in [-0.15, -0.1) is 0 Å². The summed E-state index contributed by atoms with van der Waals surface area (Å²) in [6.45, 7) is 2.94. The topological polar surface area (TPSA) is 56.7 Å². The van der Waals surface area contributed by atoms with Gasteiger partial charge in [-0.25, -0.2) is 4.98 Å². The number of benzene rings is 1. The number of amides is 1. The van der Waals surface area contributed by atoms with Gasteiger partial charge in [0.2, 0.25) is 5.91 Å². The molecule has 0 radical (unpaired) electrons. The molecule has 5 nitrogen and oxygen atoms in total. The SMILES string of the molecule is O=C(CCc1ccccc1Br)N1CCN(c2ccc(O)cn2)CC1. The van der Waals surface area contributed by atoms with Crippen molar-refractivity contribution in [3.63, 3.8) is 0 Å². The quantitative estimate of drug-likeness (QED) is 0.873. The summed E-state index contributed by atoms with van der Waals surface area (Å²) >= 11 is 3.52. The lowest BCUT2D eigenvalue weighted by molar-refractivity contribution is -0.131. The van der Waals surface area contributed by atoms with Gasteiger partial charge in [-0.2, -0.15) is 0 Å². The van der Waals surface area contributed by atoms with Crippen molar-refractivity contribution >= 4 is 27.7 Å². The van der Waals surface area contributed by atoms with Crippen LogP contribution in [0.4, 0.5) is 5.82 Å². The second kappa shape index (κ2) is 7.66. The zero-order valence-corrected chi connectivity index (χ0v) is 14.9. The predicted octanol–water partition coefficient (Wildman–Crippen LogP) is 2.83. The highest BCUT2D eigenvalue weighted by molar-refractivity contribution is 9.10. The highest BCUT2D eigenvalue weighted by Gasteiger charge is 2.21. The minimum Gasteiger partial charge on any atom is -0.506 e. The van der Waals surface area contributed by atoms with Crippen molar-refractivity contribution in [2.45, 2.75) is 12.8 Å². The second-order valence-electron chi connectivity index (χ2n) is 5.83. The molecule has 3 rings (SSSR count). The van der Waals surface area contributed by atoms with E-state index in [1.807, 2.05) is 29.2 Å². The summed E-state index contributed by atoms with van der Waals surface area (Å²) in [5, 5.41) is 9.31. The van der Waals surface area contributed by atoms with E-state index in [9.17, 15) is 9.90 Å². The van der Waals surface area contributed by atoms with Crippen LogP contribution in [0.2, 0.25) is 0 Å². The molecular formula is C18H20BrN3O2. The number of aryl methyl sites for hydroxylation is 1. The molecule has 1 amide bonds. The Kier molecular flexibility index (Phi) is 5.35. The van der Waals surface area contributed by atoms with Crippen molar-refractivity contribution < 1.29 is 9.90 Å². The maximum absolute atomic E-state index is 12.4. The maximum atomic E-state index is 12.4. The lowest BCUT2D eigenvalue weighted by Gasteiger charge is -2.35. The Balaban J connectivity index is 1.50. The van der Waals surface area contributed by atoms with Crippen LogP contribution in [-0.2, 0) is 11.2 Å². The lowest BCUT2D eigenvalue weighted by Crippen LogP contribution is -2.49. The Bertz CT molecular complexity index is 698. The van der Waals surface area contributed by atoms with Crippen LogP contribution in [-0.4, -0.2) is 47.1 Å². The summed E-state index contributed by atoms with van der Waals surface area (Å²) in [4.78, 5) is 20.7. The van der Waals surface area contributed by atoms with Crippen LogP contribution in [0.1, 0.15) is 12.0 Å². The Hall–Kier alpha value is -2.08. The largest absolute Gasteiger partial charge is 0.506 e. The van der Waals surface area contributed by atoms with Crippen molar-refractivity contribution in [3.8, 4) is 5.75 Å². The van der Waals surface area contributed by atoms with E-state index in [0.717, 1.165) is 35.4 Å².